The highest BCUT2D eigenvalue weighted by atomic mass is 32.2. The summed E-state index contributed by atoms with van der Waals surface area (Å²) in [6.07, 6.45) is 0.769. The van der Waals surface area contributed by atoms with E-state index in [2.05, 4.69) is 15.5 Å². The van der Waals surface area contributed by atoms with Crippen molar-refractivity contribution in [2.75, 3.05) is 11.1 Å². The molecule has 0 aliphatic rings. The van der Waals surface area contributed by atoms with Crippen molar-refractivity contribution in [2.24, 2.45) is 0 Å². The zero-order valence-corrected chi connectivity index (χ0v) is 16.3. The van der Waals surface area contributed by atoms with Crippen LogP contribution in [0.3, 0.4) is 0 Å². The van der Waals surface area contributed by atoms with Crippen molar-refractivity contribution in [2.45, 2.75) is 18.5 Å². The van der Waals surface area contributed by atoms with Crippen LogP contribution in [0, 0.1) is 0 Å². The van der Waals surface area contributed by atoms with Gasteiger partial charge in [-0.2, -0.15) is 0 Å². The molecule has 0 unspecified atom stereocenters. The van der Waals surface area contributed by atoms with Crippen molar-refractivity contribution < 1.29 is 4.79 Å². The number of para-hydroxylation sites is 1. The molecule has 5 nitrogen and oxygen atoms in total. The fourth-order valence-electron chi connectivity index (χ4n) is 3.11. The number of aromatic nitrogens is 3. The van der Waals surface area contributed by atoms with Crippen LogP contribution in [0.1, 0.15) is 12.7 Å². The first-order chi connectivity index (χ1) is 13.8. The van der Waals surface area contributed by atoms with Crippen molar-refractivity contribution in [3.63, 3.8) is 0 Å². The third kappa shape index (κ3) is 3.77. The summed E-state index contributed by atoms with van der Waals surface area (Å²) in [4.78, 5) is 12.6. The van der Waals surface area contributed by atoms with E-state index in [1.165, 1.54) is 11.8 Å². The molecule has 0 spiro atoms. The third-order valence-electron chi connectivity index (χ3n) is 4.43. The number of rotatable bonds is 6. The molecule has 0 radical (unpaired) electrons. The summed E-state index contributed by atoms with van der Waals surface area (Å²) in [6, 6.07) is 23.9. The molecule has 0 saturated heterocycles. The molecule has 1 heterocycles. The van der Waals surface area contributed by atoms with E-state index in [9.17, 15) is 4.79 Å². The van der Waals surface area contributed by atoms with Crippen molar-refractivity contribution in [3.05, 3.63) is 78.6 Å². The van der Waals surface area contributed by atoms with E-state index in [0.717, 1.165) is 39.5 Å². The Kier molecular flexibility index (Phi) is 5.39. The van der Waals surface area contributed by atoms with E-state index in [-0.39, 0.29) is 11.7 Å². The van der Waals surface area contributed by atoms with Crippen LogP contribution in [0.4, 0.5) is 5.69 Å². The Hall–Kier alpha value is -3.12. The van der Waals surface area contributed by atoms with E-state index in [1.54, 1.807) is 0 Å². The van der Waals surface area contributed by atoms with Gasteiger partial charge in [0, 0.05) is 23.2 Å². The van der Waals surface area contributed by atoms with Gasteiger partial charge in [-0.05, 0) is 23.6 Å². The number of fused-ring (bicyclic) bond motifs is 1. The largest absolute Gasteiger partial charge is 0.325 e. The van der Waals surface area contributed by atoms with Gasteiger partial charge in [0.25, 0.3) is 0 Å². The SMILES string of the molecule is CCc1nnc(SCC(=O)Nc2cccc3ccccc23)n1-c1ccccc1. The minimum Gasteiger partial charge on any atom is -0.325 e. The van der Waals surface area contributed by atoms with Gasteiger partial charge in [0.05, 0.1) is 5.75 Å². The fourth-order valence-corrected chi connectivity index (χ4v) is 3.88. The summed E-state index contributed by atoms with van der Waals surface area (Å²) in [7, 11) is 0. The predicted molar refractivity (Wildman–Crippen MR) is 114 cm³/mol. The highest BCUT2D eigenvalue weighted by molar-refractivity contribution is 7.99. The van der Waals surface area contributed by atoms with Crippen LogP contribution < -0.4 is 5.32 Å². The van der Waals surface area contributed by atoms with E-state index in [4.69, 9.17) is 0 Å². The third-order valence-corrected chi connectivity index (χ3v) is 5.36. The van der Waals surface area contributed by atoms with Gasteiger partial charge in [0.15, 0.2) is 5.16 Å². The van der Waals surface area contributed by atoms with Crippen molar-refractivity contribution in [1.82, 2.24) is 14.8 Å². The number of nitrogens with zero attached hydrogens (tertiary/aromatic N) is 3. The molecule has 28 heavy (non-hydrogen) atoms. The lowest BCUT2D eigenvalue weighted by molar-refractivity contribution is -0.113. The molecule has 0 aliphatic carbocycles. The standard InChI is InChI=1S/C22H20N4OS/c1-2-20-24-25-22(26(20)17-11-4-3-5-12-17)28-15-21(27)23-19-14-8-10-16-9-6-7-13-18(16)19/h3-14H,2,15H2,1H3,(H,23,27). The molecule has 1 amide bonds. The first-order valence-corrected chi connectivity index (χ1v) is 10.1. The first kappa shape index (κ1) is 18.3. The van der Waals surface area contributed by atoms with Gasteiger partial charge < -0.3 is 5.32 Å². The number of hydrogen-bond donors (Lipinski definition) is 1. The monoisotopic (exact) mass is 388 g/mol. The first-order valence-electron chi connectivity index (χ1n) is 9.16. The van der Waals surface area contributed by atoms with Gasteiger partial charge in [0.2, 0.25) is 5.91 Å². The van der Waals surface area contributed by atoms with E-state index in [1.807, 2.05) is 84.3 Å². The number of aryl methyl sites for hydroxylation is 1. The van der Waals surface area contributed by atoms with Gasteiger partial charge in [-0.3, -0.25) is 9.36 Å². The van der Waals surface area contributed by atoms with Crippen LogP contribution in [-0.4, -0.2) is 26.4 Å². The van der Waals surface area contributed by atoms with Gasteiger partial charge >= 0.3 is 0 Å². The second-order valence-corrected chi connectivity index (χ2v) is 7.23. The molecular formula is C22H20N4OS. The normalized spacial score (nSPS) is 10.9. The van der Waals surface area contributed by atoms with Crippen molar-refractivity contribution in [3.8, 4) is 5.69 Å². The minimum absolute atomic E-state index is 0.0676. The Balaban J connectivity index is 1.51. The Morgan fingerprint density at radius 1 is 0.964 bits per heavy atom. The Labute approximate surface area is 167 Å². The number of nitrogens with one attached hydrogen (secondary N) is 1. The van der Waals surface area contributed by atoms with Crippen LogP contribution in [0.15, 0.2) is 78.0 Å². The molecule has 0 aliphatic heterocycles. The van der Waals surface area contributed by atoms with Crippen LogP contribution in [0.5, 0.6) is 0 Å². The summed E-state index contributed by atoms with van der Waals surface area (Å²) < 4.78 is 2.01. The maximum atomic E-state index is 12.6. The fraction of sp³-hybridized carbons (Fsp3) is 0.136. The Bertz CT molecular complexity index is 1100. The van der Waals surface area contributed by atoms with Crippen LogP contribution in [0.25, 0.3) is 16.5 Å². The molecular weight excluding hydrogens is 368 g/mol. The average molecular weight is 388 g/mol. The molecule has 140 valence electrons. The van der Waals surface area contributed by atoms with Gasteiger partial charge in [-0.1, -0.05) is 73.3 Å². The minimum atomic E-state index is -0.0676. The van der Waals surface area contributed by atoms with Gasteiger partial charge in [-0.25, -0.2) is 0 Å². The highest BCUT2D eigenvalue weighted by Crippen LogP contribution is 2.25. The highest BCUT2D eigenvalue weighted by Gasteiger charge is 2.15. The molecule has 0 bridgehead atoms. The van der Waals surface area contributed by atoms with E-state index >= 15 is 0 Å². The average Bonchev–Trinajstić information content (AvgIpc) is 3.16. The van der Waals surface area contributed by atoms with Crippen LogP contribution in [-0.2, 0) is 11.2 Å². The molecule has 0 saturated carbocycles. The number of thioether (sulfide) groups is 1. The lowest BCUT2D eigenvalue weighted by Gasteiger charge is -2.10. The lowest BCUT2D eigenvalue weighted by Crippen LogP contribution is -2.15. The molecule has 0 atom stereocenters. The van der Waals surface area contributed by atoms with Crippen molar-refractivity contribution >= 4 is 34.1 Å². The summed E-state index contributed by atoms with van der Waals surface area (Å²) >= 11 is 1.39. The quantitative estimate of drug-likeness (QED) is 0.486. The molecule has 4 rings (SSSR count). The number of hydrogen-bond acceptors (Lipinski definition) is 4. The number of benzene rings is 3. The van der Waals surface area contributed by atoms with Crippen molar-refractivity contribution in [1.29, 1.82) is 0 Å². The Morgan fingerprint density at radius 2 is 1.71 bits per heavy atom. The molecule has 1 aromatic heterocycles. The second-order valence-electron chi connectivity index (χ2n) is 6.29. The zero-order chi connectivity index (χ0) is 19.3. The molecule has 0 fully saturated rings. The summed E-state index contributed by atoms with van der Waals surface area (Å²) in [5.74, 6) is 1.07. The lowest BCUT2D eigenvalue weighted by atomic mass is 10.1. The van der Waals surface area contributed by atoms with E-state index < -0.39 is 0 Å². The van der Waals surface area contributed by atoms with Crippen LogP contribution in [0.2, 0.25) is 0 Å². The van der Waals surface area contributed by atoms with Gasteiger partial charge in [-0.15, -0.1) is 10.2 Å². The maximum absolute atomic E-state index is 12.6. The topological polar surface area (TPSA) is 59.8 Å². The Morgan fingerprint density at radius 3 is 2.54 bits per heavy atom. The predicted octanol–water partition coefficient (Wildman–Crippen LogP) is 4.71. The number of carbonyl (C=O) groups excluding carboxylic acids is 1. The number of carbonyl (C=O) groups is 1. The molecule has 6 heteroatoms. The maximum Gasteiger partial charge on any atom is 0.234 e. The molecule has 3 aromatic carbocycles. The summed E-state index contributed by atoms with van der Waals surface area (Å²) in [5.41, 5.74) is 1.82. The summed E-state index contributed by atoms with van der Waals surface area (Å²) in [5, 5.41) is 14.4. The van der Waals surface area contributed by atoms with E-state index in [0.29, 0.717) is 0 Å². The number of amides is 1. The zero-order valence-electron chi connectivity index (χ0n) is 15.5. The summed E-state index contributed by atoms with van der Waals surface area (Å²) in [6.45, 7) is 2.05. The molecule has 4 aromatic rings. The second kappa shape index (κ2) is 8.27. The van der Waals surface area contributed by atoms with Crippen LogP contribution >= 0.6 is 11.8 Å². The smallest absolute Gasteiger partial charge is 0.234 e. The molecule has 1 N–H and O–H groups in total. The number of anilines is 1. The van der Waals surface area contributed by atoms with Gasteiger partial charge in [0.1, 0.15) is 5.82 Å².